The van der Waals surface area contributed by atoms with Gasteiger partial charge in [0.05, 0.1) is 6.04 Å². The van der Waals surface area contributed by atoms with Crippen LogP contribution in [0.5, 0.6) is 0 Å². The van der Waals surface area contributed by atoms with Gasteiger partial charge in [-0.15, -0.1) is 10.2 Å². The maximum Gasteiger partial charge on any atom is 0.315 e. The Bertz CT molecular complexity index is 322. The number of carbonyl (C=O) groups is 1. The Kier molecular flexibility index (Phi) is 3.13. The van der Waals surface area contributed by atoms with E-state index >= 15 is 0 Å². The second-order valence-corrected chi connectivity index (χ2v) is 3.19. The van der Waals surface area contributed by atoms with Crippen molar-refractivity contribution in [3.63, 3.8) is 0 Å². The van der Waals surface area contributed by atoms with E-state index in [-0.39, 0.29) is 18.4 Å². The van der Waals surface area contributed by atoms with Crippen LogP contribution >= 0.6 is 0 Å². The van der Waals surface area contributed by atoms with Gasteiger partial charge in [0.25, 0.3) is 0 Å². The summed E-state index contributed by atoms with van der Waals surface area (Å²) < 4.78 is 0. The van der Waals surface area contributed by atoms with Gasteiger partial charge in [-0.05, 0) is 19.1 Å². The zero-order valence-corrected chi connectivity index (χ0v) is 8.08. The van der Waals surface area contributed by atoms with Crippen LogP contribution in [-0.4, -0.2) is 37.8 Å². The Morgan fingerprint density at radius 1 is 1.64 bits per heavy atom. The third-order valence-corrected chi connectivity index (χ3v) is 1.75. The lowest BCUT2D eigenvalue weighted by atomic mass is 10.1. The first-order valence-corrected chi connectivity index (χ1v) is 4.28. The first kappa shape index (κ1) is 10.6. The normalized spacial score (nSPS) is 13.1. The molecule has 1 aromatic rings. The van der Waals surface area contributed by atoms with Gasteiger partial charge in [0.15, 0.2) is 5.82 Å². The van der Waals surface area contributed by atoms with Crippen molar-refractivity contribution in [3.05, 3.63) is 5.82 Å². The van der Waals surface area contributed by atoms with Crippen LogP contribution in [0.25, 0.3) is 0 Å². The zero-order chi connectivity index (χ0) is 10.7. The predicted octanol–water partition coefficient (Wildman–Crippen LogP) is -0.619. The average molecular weight is 199 g/mol. The Morgan fingerprint density at radius 3 is 2.64 bits per heavy atom. The van der Waals surface area contributed by atoms with E-state index in [1.165, 1.54) is 4.80 Å². The monoisotopic (exact) mass is 199 g/mol. The molecular weight excluding hydrogens is 186 g/mol. The summed E-state index contributed by atoms with van der Waals surface area (Å²) in [6.07, 6.45) is 0. The molecule has 7 heteroatoms. The van der Waals surface area contributed by atoms with Crippen molar-refractivity contribution >= 4 is 5.97 Å². The molecule has 1 rings (SSSR count). The number of aliphatic carboxylic acids is 1. The first-order valence-electron chi connectivity index (χ1n) is 4.28. The van der Waals surface area contributed by atoms with Crippen molar-refractivity contribution in [2.24, 2.45) is 5.73 Å². The van der Waals surface area contributed by atoms with Crippen LogP contribution in [0.15, 0.2) is 0 Å². The van der Waals surface area contributed by atoms with Crippen molar-refractivity contribution in [1.29, 1.82) is 0 Å². The fraction of sp³-hybridized carbons (Fsp3) is 0.714. The Balaban J connectivity index is 2.89. The number of carboxylic acid groups (broad SMARTS) is 1. The highest BCUT2D eigenvalue weighted by Gasteiger charge is 2.23. The molecular formula is C7H13N5O2. The molecule has 14 heavy (non-hydrogen) atoms. The molecule has 0 aliphatic heterocycles. The van der Waals surface area contributed by atoms with E-state index in [0.29, 0.717) is 0 Å². The lowest BCUT2D eigenvalue weighted by Gasteiger charge is -2.03. The maximum atomic E-state index is 10.7. The van der Waals surface area contributed by atoms with Crippen molar-refractivity contribution < 1.29 is 9.90 Å². The lowest BCUT2D eigenvalue weighted by molar-refractivity contribution is -0.138. The molecule has 78 valence electrons. The van der Waals surface area contributed by atoms with E-state index in [2.05, 4.69) is 15.4 Å². The largest absolute Gasteiger partial charge is 0.481 e. The van der Waals surface area contributed by atoms with Gasteiger partial charge in [0, 0.05) is 6.54 Å². The van der Waals surface area contributed by atoms with E-state index in [1.807, 2.05) is 13.8 Å². The van der Waals surface area contributed by atoms with Crippen LogP contribution in [0.1, 0.15) is 31.6 Å². The molecule has 1 unspecified atom stereocenters. The standard InChI is InChI=1S/C7H13N5O2/c1-4(2)12-10-6(9-11-12)5(3-8)7(13)14/h4-5H,3,8H2,1-2H3,(H,13,14). The van der Waals surface area contributed by atoms with Gasteiger partial charge in [-0.2, -0.15) is 4.80 Å². The molecule has 0 spiro atoms. The number of hydrogen-bond acceptors (Lipinski definition) is 5. The van der Waals surface area contributed by atoms with Crippen LogP contribution in [0.3, 0.4) is 0 Å². The molecule has 0 aliphatic rings. The SMILES string of the molecule is CC(C)n1nnc(C(CN)C(=O)O)n1. The molecule has 0 bridgehead atoms. The summed E-state index contributed by atoms with van der Waals surface area (Å²) in [5.41, 5.74) is 5.29. The van der Waals surface area contributed by atoms with E-state index in [4.69, 9.17) is 10.8 Å². The lowest BCUT2D eigenvalue weighted by Crippen LogP contribution is -2.22. The highest BCUT2D eigenvalue weighted by Crippen LogP contribution is 2.09. The molecule has 1 aromatic heterocycles. The molecule has 0 radical (unpaired) electrons. The molecule has 0 saturated carbocycles. The Labute approximate surface area is 80.9 Å². The second-order valence-electron chi connectivity index (χ2n) is 3.19. The number of nitrogens with two attached hydrogens (primary N) is 1. The van der Waals surface area contributed by atoms with Crippen LogP contribution in [0, 0.1) is 0 Å². The van der Waals surface area contributed by atoms with E-state index in [9.17, 15) is 4.79 Å². The predicted molar refractivity (Wildman–Crippen MR) is 47.6 cm³/mol. The van der Waals surface area contributed by atoms with Crippen molar-refractivity contribution in [2.75, 3.05) is 6.54 Å². The Morgan fingerprint density at radius 2 is 2.29 bits per heavy atom. The topological polar surface area (TPSA) is 107 Å². The van der Waals surface area contributed by atoms with Gasteiger partial charge >= 0.3 is 5.97 Å². The quantitative estimate of drug-likeness (QED) is 0.669. The van der Waals surface area contributed by atoms with Crippen molar-refractivity contribution in [1.82, 2.24) is 20.2 Å². The van der Waals surface area contributed by atoms with Gasteiger partial charge in [0.1, 0.15) is 5.92 Å². The average Bonchev–Trinajstić information content (AvgIpc) is 2.53. The van der Waals surface area contributed by atoms with Crippen LogP contribution in [0.4, 0.5) is 0 Å². The third kappa shape index (κ3) is 2.05. The van der Waals surface area contributed by atoms with E-state index in [1.54, 1.807) is 0 Å². The number of carboxylic acids is 1. The summed E-state index contributed by atoms with van der Waals surface area (Å²) in [4.78, 5) is 12.1. The summed E-state index contributed by atoms with van der Waals surface area (Å²) in [5, 5.41) is 20.1. The summed E-state index contributed by atoms with van der Waals surface area (Å²) in [6, 6.07) is 0.0588. The number of rotatable bonds is 4. The minimum absolute atomic E-state index is 0.0286. The van der Waals surface area contributed by atoms with Crippen molar-refractivity contribution in [2.45, 2.75) is 25.8 Å². The number of nitrogens with zero attached hydrogens (tertiary/aromatic N) is 4. The number of tetrazole rings is 1. The summed E-state index contributed by atoms with van der Waals surface area (Å²) in [5.74, 6) is -1.74. The molecule has 3 N–H and O–H groups in total. The van der Waals surface area contributed by atoms with E-state index < -0.39 is 11.9 Å². The van der Waals surface area contributed by atoms with E-state index in [0.717, 1.165) is 0 Å². The molecule has 7 nitrogen and oxygen atoms in total. The summed E-state index contributed by atoms with van der Waals surface area (Å²) in [6.45, 7) is 3.73. The second kappa shape index (κ2) is 4.14. The van der Waals surface area contributed by atoms with Gasteiger partial charge in [-0.3, -0.25) is 4.79 Å². The molecule has 0 amide bonds. The van der Waals surface area contributed by atoms with Crippen LogP contribution in [-0.2, 0) is 4.79 Å². The van der Waals surface area contributed by atoms with Gasteiger partial charge < -0.3 is 10.8 Å². The molecule has 0 saturated heterocycles. The first-order chi connectivity index (χ1) is 6.56. The Hall–Kier alpha value is -1.50. The van der Waals surface area contributed by atoms with Crippen LogP contribution < -0.4 is 5.73 Å². The minimum Gasteiger partial charge on any atom is -0.481 e. The highest BCUT2D eigenvalue weighted by atomic mass is 16.4. The highest BCUT2D eigenvalue weighted by molar-refractivity contribution is 5.74. The fourth-order valence-electron chi connectivity index (χ4n) is 0.911. The fourth-order valence-corrected chi connectivity index (χ4v) is 0.911. The number of aromatic nitrogens is 4. The molecule has 0 aromatic carbocycles. The van der Waals surface area contributed by atoms with Crippen LogP contribution in [0.2, 0.25) is 0 Å². The molecule has 1 heterocycles. The van der Waals surface area contributed by atoms with Crippen molar-refractivity contribution in [3.8, 4) is 0 Å². The smallest absolute Gasteiger partial charge is 0.315 e. The minimum atomic E-state index is -1.03. The molecule has 0 aliphatic carbocycles. The summed E-state index contributed by atoms with van der Waals surface area (Å²) in [7, 11) is 0. The molecule has 1 atom stereocenters. The third-order valence-electron chi connectivity index (χ3n) is 1.75. The maximum absolute atomic E-state index is 10.7. The molecule has 0 fully saturated rings. The van der Waals surface area contributed by atoms with Gasteiger partial charge in [0.2, 0.25) is 0 Å². The zero-order valence-electron chi connectivity index (χ0n) is 8.08. The number of hydrogen-bond donors (Lipinski definition) is 2. The van der Waals surface area contributed by atoms with Gasteiger partial charge in [-0.25, -0.2) is 0 Å². The summed E-state index contributed by atoms with van der Waals surface area (Å²) >= 11 is 0. The van der Waals surface area contributed by atoms with Gasteiger partial charge in [-0.1, -0.05) is 0 Å².